The number of carboxylic acids is 1. The lowest BCUT2D eigenvalue weighted by molar-refractivity contribution is -0.144. The van der Waals surface area contributed by atoms with E-state index in [0.717, 1.165) is 23.3 Å². The summed E-state index contributed by atoms with van der Waals surface area (Å²) in [5.74, 6) is 6.08. The van der Waals surface area contributed by atoms with Gasteiger partial charge in [-0.2, -0.15) is 13.2 Å². The first-order valence-corrected chi connectivity index (χ1v) is 12.2. The van der Waals surface area contributed by atoms with Gasteiger partial charge in [0.2, 0.25) is 0 Å². The smallest absolute Gasteiger partial charge is 0.416 e. The van der Waals surface area contributed by atoms with E-state index in [9.17, 15) is 18.0 Å². The molecule has 0 heterocycles. The monoisotopic (exact) mass is 537 g/mol. The molecule has 0 aliphatic carbocycles. The van der Waals surface area contributed by atoms with Crippen LogP contribution in [0.25, 0.3) is 5.57 Å². The Bertz CT molecular complexity index is 1370. The predicted molar refractivity (Wildman–Crippen MR) is 145 cm³/mol. The SMILES string of the molecule is Cc1cc(OC/C=C(\c2ccc(C#CCN(C)C)cc2)c2ccc(C(F)(F)F)cc2)ccc1OC(C)C(=O)O. The van der Waals surface area contributed by atoms with Crippen LogP contribution >= 0.6 is 0 Å². The maximum absolute atomic E-state index is 13.1. The average Bonchev–Trinajstić information content (AvgIpc) is 2.88. The molecule has 0 saturated heterocycles. The lowest BCUT2D eigenvalue weighted by Crippen LogP contribution is -2.23. The molecule has 204 valence electrons. The Morgan fingerprint density at radius 3 is 2.18 bits per heavy atom. The molecule has 0 bridgehead atoms. The zero-order chi connectivity index (χ0) is 28.6. The molecule has 1 atom stereocenters. The number of benzene rings is 3. The molecule has 39 heavy (non-hydrogen) atoms. The fourth-order valence-corrected chi connectivity index (χ4v) is 3.58. The highest BCUT2D eigenvalue weighted by molar-refractivity contribution is 5.80. The van der Waals surface area contributed by atoms with E-state index in [1.165, 1.54) is 19.1 Å². The van der Waals surface area contributed by atoms with Crippen molar-refractivity contribution in [2.24, 2.45) is 0 Å². The zero-order valence-electron chi connectivity index (χ0n) is 22.2. The maximum Gasteiger partial charge on any atom is 0.416 e. The fourth-order valence-electron chi connectivity index (χ4n) is 3.58. The molecule has 0 radical (unpaired) electrons. The Balaban J connectivity index is 1.84. The number of hydrogen-bond donors (Lipinski definition) is 1. The predicted octanol–water partition coefficient (Wildman–Crippen LogP) is 6.29. The van der Waals surface area contributed by atoms with E-state index in [1.54, 1.807) is 25.1 Å². The van der Waals surface area contributed by atoms with Gasteiger partial charge in [-0.1, -0.05) is 36.1 Å². The van der Waals surface area contributed by atoms with Crippen LogP contribution in [-0.4, -0.2) is 49.3 Å². The van der Waals surface area contributed by atoms with E-state index in [4.69, 9.17) is 14.6 Å². The molecule has 3 aromatic carbocycles. The molecule has 8 heteroatoms. The molecule has 0 amide bonds. The number of hydrogen-bond acceptors (Lipinski definition) is 4. The number of carbonyl (C=O) groups is 1. The van der Waals surface area contributed by atoms with Gasteiger partial charge in [-0.05, 0) is 98.7 Å². The van der Waals surface area contributed by atoms with Gasteiger partial charge >= 0.3 is 12.1 Å². The van der Waals surface area contributed by atoms with Crippen molar-refractivity contribution < 1.29 is 32.5 Å². The van der Waals surface area contributed by atoms with Crippen LogP contribution in [0.3, 0.4) is 0 Å². The van der Waals surface area contributed by atoms with Gasteiger partial charge in [0.25, 0.3) is 0 Å². The third-order valence-electron chi connectivity index (χ3n) is 5.68. The molecule has 0 aliphatic rings. The van der Waals surface area contributed by atoms with Gasteiger partial charge in [0, 0.05) is 5.56 Å². The van der Waals surface area contributed by atoms with Crippen LogP contribution in [0.4, 0.5) is 13.2 Å². The number of rotatable bonds is 9. The van der Waals surface area contributed by atoms with Crippen LogP contribution in [0.5, 0.6) is 11.5 Å². The molecule has 0 spiro atoms. The molecule has 5 nitrogen and oxygen atoms in total. The van der Waals surface area contributed by atoms with Gasteiger partial charge in [-0.3, -0.25) is 4.90 Å². The summed E-state index contributed by atoms with van der Waals surface area (Å²) in [5, 5.41) is 9.05. The summed E-state index contributed by atoms with van der Waals surface area (Å²) in [7, 11) is 3.87. The summed E-state index contributed by atoms with van der Waals surface area (Å²) < 4.78 is 50.7. The minimum Gasteiger partial charge on any atom is -0.489 e. The molecule has 3 rings (SSSR count). The van der Waals surface area contributed by atoms with Gasteiger partial charge in [0.1, 0.15) is 18.1 Å². The summed E-state index contributed by atoms with van der Waals surface area (Å²) >= 11 is 0. The van der Waals surface area contributed by atoms with Crippen molar-refractivity contribution in [2.75, 3.05) is 27.2 Å². The average molecular weight is 538 g/mol. The topological polar surface area (TPSA) is 59.0 Å². The molecule has 0 aliphatic heterocycles. The number of ether oxygens (including phenoxy) is 2. The lowest BCUT2D eigenvalue weighted by Gasteiger charge is -2.14. The summed E-state index contributed by atoms with van der Waals surface area (Å²) in [5.41, 5.74) is 2.95. The number of halogens is 3. The lowest BCUT2D eigenvalue weighted by atomic mass is 9.96. The number of nitrogens with zero attached hydrogens (tertiary/aromatic N) is 1. The highest BCUT2D eigenvalue weighted by Crippen LogP contribution is 2.32. The number of alkyl halides is 3. The van der Waals surface area contributed by atoms with Crippen LogP contribution in [0.1, 0.15) is 34.7 Å². The van der Waals surface area contributed by atoms with Crippen LogP contribution in [0.15, 0.2) is 72.8 Å². The van der Waals surface area contributed by atoms with Crippen LogP contribution in [0, 0.1) is 18.8 Å². The van der Waals surface area contributed by atoms with Gasteiger partial charge in [0.15, 0.2) is 6.10 Å². The minimum atomic E-state index is -4.42. The van der Waals surface area contributed by atoms with Crippen molar-refractivity contribution >= 4 is 11.5 Å². The first-order chi connectivity index (χ1) is 18.4. The molecule has 0 saturated carbocycles. The van der Waals surface area contributed by atoms with Gasteiger partial charge in [0.05, 0.1) is 12.1 Å². The Morgan fingerprint density at radius 1 is 1.03 bits per heavy atom. The Labute approximate surface area is 226 Å². The Hall–Kier alpha value is -4.22. The second kappa shape index (κ2) is 13.0. The summed E-state index contributed by atoms with van der Waals surface area (Å²) in [6.07, 6.45) is -3.61. The number of aliphatic carboxylic acids is 1. The highest BCUT2D eigenvalue weighted by atomic mass is 19.4. The van der Waals surface area contributed by atoms with Crippen molar-refractivity contribution in [3.05, 3.63) is 101 Å². The van der Waals surface area contributed by atoms with E-state index in [-0.39, 0.29) is 6.61 Å². The largest absolute Gasteiger partial charge is 0.489 e. The number of carboxylic acid groups (broad SMARTS) is 1. The van der Waals surface area contributed by atoms with E-state index in [0.29, 0.717) is 34.7 Å². The molecule has 3 aromatic rings. The Kier molecular flexibility index (Phi) is 9.80. The van der Waals surface area contributed by atoms with Crippen molar-refractivity contribution in [2.45, 2.75) is 26.1 Å². The zero-order valence-corrected chi connectivity index (χ0v) is 22.2. The first-order valence-electron chi connectivity index (χ1n) is 12.2. The summed E-state index contributed by atoms with van der Waals surface area (Å²) in [6, 6.07) is 17.6. The second-order valence-electron chi connectivity index (χ2n) is 9.15. The van der Waals surface area contributed by atoms with Gasteiger partial charge in [-0.15, -0.1) is 0 Å². The quantitative estimate of drug-likeness (QED) is 0.325. The highest BCUT2D eigenvalue weighted by Gasteiger charge is 2.30. The standard InChI is InChI=1S/C31H30F3NO4/c1-21-20-27(15-16-29(21)39-22(2)30(36)37)38-19-17-28(25-11-13-26(14-12-25)31(32,33)34)24-9-7-23(8-10-24)6-5-18-35(3)4/h7-17,20,22H,18-19H2,1-4H3,(H,36,37)/b28-17+. The van der Waals surface area contributed by atoms with Crippen molar-refractivity contribution in [1.29, 1.82) is 0 Å². The van der Waals surface area contributed by atoms with E-state index in [2.05, 4.69) is 11.8 Å². The molecule has 0 fully saturated rings. The molecular formula is C31H30F3NO4. The van der Waals surface area contributed by atoms with E-state index >= 15 is 0 Å². The third kappa shape index (κ3) is 8.66. The van der Waals surface area contributed by atoms with E-state index in [1.807, 2.05) is 49.3 Å². The summed E-state index contributed by atoms with van der Waals surface area (Å²) in [6.45, 7) is 4.00. The first kappa shape index (κ1) is 29.3. The van der Waals surface area contributed by atoms with Crippen LogP contribution < -0.4 is 9.47 Å². The number of aryl methyl sites for hydroxylation is 1. The second-order valence-corrected chi connectivity index (χ2v) is 9.15. The fraction of sp³-hybridized carbons (Fsp3) is 0.258. The maximum atomic E-state index is 13.1. The summed E-state index contributed by atoms with van der Waals surface area (Å²) in [4.78, 5) is 13.0. The minimum absolute atomic E-state index is 0.145. The van der Waals surface area contributed by atoms with Crippen LogP contribution in [0.2, 0.25) is 0 Å². The molecule has 1 N–H and O–H groups in total. The van der Waals surface area contributed by atoms with E-state index < -0.39 is 23.8 Å². The van der Waals surface area contributed by atoms with Gasteiger partial charge in [-0.25, -0.2) is 4.79 Å². The Morgan fingerprint density at radius 2 is 1.64 bits per heavy atom. The van der Waals surface area contributed by atoms with Crippen molar-refractivity contribution in [3.63, 3.8) is 0 Å². The van der Waals surface area contributed by atoms with Crippen molar-refractivity contribution in [3.8, 4) is 23.3 Å². The third-order valence-corrected chi connectivity index (χ3v) is 5.68. The van der Waals surface area contributed by atoms with Crippen molar-refractivity contribution in [1.82, 2.24) is 4.90 Å². The molecule has 1 unspecified atom stereocenters. The molecule has 0 aromatic heterocycles. The van der Waals surface area contributed by atoms with Crippen LogP contribution in [-0.2, 0) is 11.0 Å². The normalized spacial score (nSPS) is 12.5. The molecular weight excluding hydrogens is 507 g/mol. The van der Waals surface area contributed by atoms with Gasteiger partial charge < -0.3 is 14.6 Å².